The lowest BCUT2D eigenvalue weighted by Crippen LogP contribution is -3.09. The molecular weight excluding hydrogens is 310 g/mol. The lowest BCUT2D eigenvalue weighted by atomic mass is 10.0. The number of para-hydroxylation sites is 1. The van der Waals surface area contributed by atoms with E-state index in [1.807, 2.05) is 24.3 Å². The molecule has 0 fully saturated rings. The molecule has 130 valence electrons. The average Bonchev–Trinajstić information content (AvgIpc) is 2.61. The van der Waals surface area contributed by atoms with Gasteiger partial charge < -0.3 is 9.88 Å². The summed E-state index contributed by atoms with van der Waals surface area (Å²) < 4.78 is 0. The maximum atomic E-state index is 12.2. The molecule has 1 atom stereocenters. The van der Waals surface area contributed by atoms with Crippen LogP contribution in [-0.4, -0.2) is 16.5 Å². The Balaban J connectivity index is 1.77. The normalized spacial score (nSPS) is 12.6. The highest BCUT2D eigenvalue weighted by Gasteiger charge is 2.12. The molecule has 3 rings (SSSR count). The van der Waals surface area contributed by atoms with Gasteiger partial charge in [0.05, 0.1) is 17.4 Å². The van der Waals surface area contributed by atoms with E-state index in [0.717, 1.165) is 24.4 Å². The fourth-order valence-corrected chi connectivity index (χ4v) is 3.08. The SMILES string of the molecule is CC[NH+](Cc1ccc(C(C)C)cc1)Cc1nc2ccccc2c(=O)[nH]1. The number of hydrogen-bond donors (Lipinski definition) is 2. The predicted octanol–water partition coefficient (Wildman–Crippen LogP) is 2.65. The molecule has 0 bridgehead atoms. The van der Waals surface area contributed by atoms with Gasteiger partial charge in [-0.2, -0.15) is 0 Å². The van der Waals surface area contributed by atoms with Gasteiger partial charge in [-0.05, 0) is 30.5 Å². The fourth-order valence-electron chi connectivity index (χ4n) is 3.08. The number of hydrogen-bond acceptors (Lipinski definition) is 2. The highest BCUT2D eigenvalue weighted by molar-refractivity contribution is 5.77. The van der Waals surface area contributed by atoms with E-state index in [-0.39, 0.29) is 5.56 Å². The molecule has 0 radical (unpaired) electrons. The van der Waals surface area contributed by atoms with E-state index < -0.39 is 0 Å². The number of rotatable bonds is 6. The summed E-state index contributed by atoms with van der Waals surface area (Å²) in [6.07, 6.45) is 0. The minimum atomic E-state index is -0.0580. The van der Waals surface area contributed by atoms with Gasteiger partial charge in [0.15, 0.2) is 5.82 Å². The summed E-state index contributed by atoms with van der Waals surface area (Å²) in [5.74, 6) is 1.30. The maximum Gasteiger partial charge on any atom is 0.258 e. The second-order valence-corrected chi connectivity index (χ2v) is 6.88. The van der Waals surface area contributed by atoms with E-state index in [1.54, 1.807) is 0 Å². The zero-order valence-corrected chi connectivity index (χ0v) is 15.2. The van der Waals surface area contributed by atoms with Gasteiger partial charge in [0.1, 0.15) is 13.1 Å². The molecule has 0 saturated heterocycles. The van der Waals surface area contributed by atoms with Crippen molar-refractivity contribution in [2.24, 2.45) is 0 Å². The van der Waals surface area contributed by atoms with Crippen LogP contribution in [0.3, 0.4) is 0 Å². The Bertz CT molecular complexity index is 897. The molecule has 3 aromatic rings. The molecule has 0 aliphatic carbocycles. The molecule has 0 aliphatic rings. The average molecular weight is 336 g/mol. The van der Waals surface area contributed by atoms with E-state index in [2.05, 4.69) is 55.0 Å². The van der Waals surface area contributed by atoms with Crippen molar-refractivity contribution < 1.29 is 4.90 Å². The second-order valence-electron chi connectivity index (χ2n) is 6.88. The number of aromatic nitrogens is 2. The molecule has 2 N–H and O–H groups in total. The highest BCUT2D eigenvalue weighted by atomic mass is 16.1. The van der Waals surface area contributed by atoms with E-state index in [0.29, 0.717) is 17.8 Å². The summed E-state index contributed by atoms with van der Waals surface area (Å²) in [5.41, 5.74) is 3.38. The van der Waals surface area contributed by atoms with Crippen LogP contribution in [0.25, 0.3) is 10.9 Å². The van der Waals surface area contributed by atoms with Crippen LogP contribution in [0.1, 0.15) is 43.6 Å². The van der Waals surface area contributed by atoms with Crippen LogP contribution >= 0.6 is 0 Å². The van der Waals surface area contributed by atoms with Crippen LogP contribution in [0.5, 0.6) is 0 Å². The quantitative estimate of drug-likeness (QED) is 0.727. The maximum absolute atomic E-state index is 12.2. The zero-order valence-electron chi connectivity index (χ0n) is 15.2. The van der Waals surface area contributed by atoms with Crippen LogP contribution in [0.2, 0.25) is 0 Å². The molecule has 25 heavy (non-hydrogen) atoms. The second kappa shape index (κ2) is 7.62. The molecular formula is C21H26N3O+. The van der Waals surface area contributed by atoms with Crippen molar-refractivity contribution >= 4 is 10.9 Å². The first-order chi connectivity index (χ1) is 12.1. The summed E-state index contributed by atoms with van der Waals surface area (Å²) in [6.45, 7) is 9.19. The van der Waals surface area contributed by atoms with Gasteiger partial charge in [0, 0.05) is 5.56 Å². The monoisotopic (exact) mass is 336 g/mol. The Kier molecular flexibility index (Phi) is 5.29. The van der Waals surface area contributed by atoms with Crippen LogP contribution in [0.4, 0.5) is 0 Å². The standard InChI is InChI=1S/C21H25N3O/c1-4-24(13-16-9-11-17(12-10-16)15(2)3)14-20-22-19-8-6-5-7-18(19)21(25)23-20/h5-12,15H,4,13-14H2,1-3H3,(H,22,23,25)/p+1. The van der Waals surface area contributed by atoms with Crippen molar-refractivity contribution in [1.82, 2.24) is 9.97 Å². The van der Waals surface area contributed by atoms with E-state index in [4.69, 9.17) is 0 Å². The van der Waals surface area contributed by atoms with Gasteiger partial charge in [-0.1, -0.05) is 50.2 Å². The van der Waals surface area contributed by atoms with Crippen molar-refractivity contribution in [3.8, 4) is 0 Å². The number of H-pyrrole nitrogens is 1. The van der Waals surface area contributed by atoms with Crippen LogP contribution < -0.4 is 10.5 Å². The molecule has 4 nitrogen and oxygen atoms in total. The number of fused-ring (bicyclic) bond motifs is 1. The van der Waals surface area contributed by atoms with Crippen LogP contribution in [0, 0.1) is 0 Å². The number of benzene rings is 2. The van der Waals surface area contributed by atoms with Crippen LogP contribution in [0.15, 0.2) is 53.3 Å². The molecule has 0 aliphatic heterocycles. The molecule has 1 unspecified atom stereocenters. The summed E-state index contributed by atoms with van der Waals surface area (Å²) in [7, 11) is 0. The fraction of sp³-hybridized carbons (Fsp3) is 0.333. The molecule has 0 saturated carbocycles. The van der Waals surface area contributed by atoms with Gasteiger partial charge in [-0.15, -0.1) is 0 Å². The Morgan fingerprint density at radius 2 is 1.76 bits per heavy atom. The van der Waals surface area contributed by atoms with Crippen molar-refractivity contribution in [1.29, 1.82) is 0 Å². The van der Waals surface area contributed by atoms with E-state index in [1.165, 1.54) is 16.0 Å². The van der Waals surface area contributed by atoms with Crippen LogP contribution in [-0.2, 0) is 13.1 Å². The Morgan fingerprint density at radius 1 is 1.04 bits per heavy atom. The largest absolute Gasteiger partial charge is 0.325 e. The van der Waals surface area contributed by atoms with Crippen molar-refractivity contribution in [2.75, 3.05) is 6.54 Å². The molecule has 2 aromatic carbocycles. The number of quaternary nitrogens is 1. The first-order valence-corrected chi connectivity index (χ1v) is 8.97. The third-order valence-corrected chi connectivity index (χ3v) is 4.68. The lowest BCUT2D eigenvalue weighted by Gasteiger charge is -2.18. The third kappa shape index (κ3) is 4.15. The van der Waals surface area contributed by atoms with Crippen molar-refractivity contribution in [3.05, 3.63) is 75.8 Å². The summed E-state index contributed by atoms with van der Waals surface area (Å²) in [5, 5.41) is 0.647. The zero-order chi connectivity index (χ0) is 17.8. The summed E-state index contributed by atoms with van der Waals surface area (Å²) >= 11 is 0. The first-order valence-electron chi connectivity index (χ1n) is 8.97. The topological polar surface area (TPSA) is 50.2 Å². The van der Waals surface area contributed by atoms with Gasteiger partial charge >= 0.3 is 0 Å². The lowest BCUT2D eigenvalue weighted by molar-refractivity contribution is -0.926. The molecule has 4 heteroatoms. The number of nitrogens with zero attached hydrogens (tertiary/aromatic N) is 1. The number of nitrogens with one attached hydrogen (secondary N) is 2. The molecule has 1 heterocycles. The van der Waals surface area contributed by atoms with Gasteiger partial charge in [-0.3, -0.25) is 4.79 Å². The minimum absolute atomic E-state index is 0.0580. The molecule has 1 aromatic heterocycles. The Labute approximate surface area is 148 Å². The third-order valence-electron chi connectivity index (χ3n) is 4.68. The van der Waals surface area contributed by atoms with Gasteiger partial charge in [-0.25, -0.2) is 4.98 Å². The molecule has 0 spiro atoms. The Hall–Kier alpha value is -2.46. The van der Waals surface area contributed by atoms with Gasteiger partial charge in [0.25, 0.3) is 5.56 Å². The molecule has 0 amide bonds. The predicted molar refractivity (Wildman–Crippen MR) is 102 cm³/mol. The minimum Gasteiger partial charge on any atom is -0.325 e. The van der Waals surface area contributed by atoms with Crippen molar-refractivity contribution in [2.45, 2.75) is 39.8 Å². The van der Waals surface area contributed by atoms with Crippen molar-refractivity contribution in [3.63, 3.8) is 0 Å². The Morgan fingerprint density at radius 3 is 2.44 bits per heavy atom. The highest BCUT2D eigenvalue weighted by Crippen LogP contribution is 2.14. The van der Waals surface area contributed by atoms with Gasteiger partial charge in [0.2, 0.25) is 0 Å². The smallest absolute Gasteiger partial charge is 0.258 e. The van der Waals surface area contributed by atoms with E-state index >= 15 is 0 Å². The van der Waals surface area contributed by atoms with E-state index in [9.17, 15) is 4.79 Å². The summed E-state index contributed by atoms with van der Waals surface area (Å²) in [6, 6.07) is 16.3. The first kappa shape index (κ1) is 17.4. The number of aromatic amines is 1. The summed E-state index contributed by atoms with van der Waals surface area (Å²) in [4.78, 5) is 21.2.